The summed E-state index contributed by atoms with van der Waals surface area (Å²) in [6, 6.07) is 18.1. The second-order valence-corrected chi connectivity index (χ2v) is 6.54. The van der Waals surface area contributed by atoms with Crippen LogP contribution in [0, 0.1) is 0 Å². The van der Waals surface area contributed by atoms with E-state index in [9.17, 15) is 4.79 Å². The molecule has 1 heterocycles. The molecule has 2 aromatic carbocycles. The Balaban J connectivity index is 1.35. The van der Waals surface area contributed by atoms with Gasteiger partial charge in [0.1, 0.15) is 12.4 Å². The van der Waals surface area contributed by atoms with E-state index in [0.717, 1.165) is 23.3 Å². The fraction of sp³-hybridized carbons (Fsp3) is 0.273. The maximum absolute atomic E-state index is 11.9. The monoisotopic (exact) mass is 363 g/mol. The van der Waals surface area contributed by atoms with Crippen LogP contribution in [0.25, 0.3) is 0 Å². The number of rotatable bonds is 9. The molecular weight excluding hydrogens is 338 g/mol. The van der Waals surface area contributed by atoms with Gasteiger partial charge in [-0.3, -0.25) is 9.48 Å². The molecular formula is C22H25N3O2. The molecule has 1 aromatic heterocycles. The SMILES string of the molecule is Cn1cc(CCC(=O)NCCc2ccc(OCc3ccccc3)cc2)cn1. The Hall–Kier alpha value is -3.08. The number of amides is 1. The number of benzene rings is 2. The number of hydrogen-bond donors (Lipinski definition) is 1. The third kappa shape index (κ3) is 6.29. The van der Waals surface area contributed by atoms with E-state index in [1.807, 2.05) is 67.8 Å². The zero-order chi connectivity index (χ0) is 18.9. The maximum atomic E-state index is 11.9. The molecule has 0 fully saturated rings. The van der Waals surface area contributed by atoms with Crippen molar-refractivity contribution in [1.29, 1.82) is 0 Å². The van der Waals surface area contributed by atoms with E-state index in [1.165, 1.54) is 5.56 Å². The van der Waals surface area contributed by atoms with Crippen LogP contribution in [0.3, 0.4) is 0 Å². The first-order valence-electron chi connectivity index (χ1n) is 9.19. The highest BCUT2D eigenvalue weighted by molar-refractivity contribution is 5.76. The first-order valence-corrected chi connectivity index (χ1v) is 9.19. The van der Waals surface area contributed by atoms with Crippen molar-refractivity contribution in [3.63, 3.8) is 0 Å². The van der Waals surface area contributed by atoms with Gasteiger partial charge < -0.3 is 10.1 Å². The van der Waals surface area contributed by atoms with E-state index < -0.39 is 0 Å². The average molecular weight is 363 g/mol. The summed E-state index contributed by atoms with van der Waals surface area (Å²) in [7, 11) is 1.88. The van der Waals surface area contributed by atoms with Crippen molar-refractivity contribution in [3.05, 3.63) is 83.7 Å². The molecule has 27 heavy (non-hydrogen) atoms. The van der Waals surface area contributed by atoms with Crippen LogP contribution >= 0.6 is 0 Å². The molecule has 0 aliphatic carbocycles. The zero-order valence-electron chi connectivity index (χ0n) is 15.6. The van der Waals surface area contributed by atoms with Crippen molar-refractivity contribution in [1.82, 2.24) is 15.1 Å². The van der Waals surface area contributed by atoms with E-state index >= 15 is 0 Å². The summed E-state index contributed by atoms with van der Waals surface area (Å²) in [5.74, 6) is 0.921. The number of aromatic nitrogens is 2. The average Bonchev–Trinajstić information content (AvgIpc) is 3.12. The molecule has 0 spiro atoms. The Morgan fingerprint density at radius 2 is 1.78 bits per heavy atom. The largest absolute Gasteiger partial charge is 0.489 e. The van der Waals surface area contributed by atoms with E-state index in [1.54, 1.807) is 10.9 Å². The van der Waals surface area contributed by atoms with Gasteiger partial charge in [0.25, 0.3) is 0 Å². The van der Waals surface area contributed by atoms with Crippen molar-refractivity contribution in [2.75, 3.05) is 6.54 Å². The van der Waals surface area contributed by atoms with Crippen LogP contribution in [0.5, 0.6) is 5.75 Å². The summed E-state index contributed by atoms with van der Waals surface area (Å²) in [4.78, 5) is 11.9. The van der Waals surface area contributed by atoms with Crippen LogP contribution in [0.1, 0.15) is 23.1 Å². The summed E-state index contributed by atoms with van der Waals surface area (Å²) < 4.78 is 7.54. The van der Waals surface area contributed by atoms with Crippen LogP contribution in [0.15, 0.2) is 67.0 Å². The predicted molar refractivity (Wildman–Crippen MR) is 105 cm³/mol. The quantitative estimate of drug-likeness (QED) is 0.635. The Kier molecular flexibility index (Phi) is 6.63. The topological polar surface area (TPSA) is 56.2 Å². The first kappa shape index (κ1) is 18.7. The van der Waals surface area contributed by atoms with Crippen LogP contribution in [0.4, 0.5) is 0 Å². The molecule has 3 rings (SSSR count). The third-order valence-corrected chi connectivity index (χ3v) is 4.31. The standard InChI is InChI=1S/C22H25N3O2/c1-25-16-20(15-24-25)9-12-22(26)23-14-13-18-7-10-21(11-8-18)27-17-19-5-3-2-4-6-19/h2-8,10-11,15-16H,9,12-14,17H2,1H3,(H,23,26). The minimum absolute atomic E-state index is 0.0710. The number of nitrogens with one attached hydrogen (secondary N) is 1. The van der Waals surface area contributed by atoms with Gasteiger partial charge in [0.15, 0.2) is 0 Å². The Morgan fingerprint density at radius 3 is 2.48 bits per heavy atom. The summed E-state index contributed by atoms with van der Waals surface area (Å²) in [5.41, 5.74) is 3.41. The highest BCUT2D eigenvalue weighted by Crippen LogP contribution is 2.14. The second kappa shape index (κ2) is 9.57. The normalized spacial score (nSPS) is 10.6. The lowest BCUT2D eigenvalue weighted by atomic mass is 10.1. The van der Waals surface area contributed by atoms with Crippen LogP contribution in [-0.2, 0) is 31.3 Å². The lowest BCUT2D eigenvalue weighted by Gasteiger charge is -2.08. The molecule has 1 amide bonds. The van der Waals surface area contributed by atoms with Gasteiger partial charge in [0.2, 0.25) is 5.91 Å². The number of carbonyl (C=O) groups excluding carboxylic acids is 1. The smallest absolute Gasteiger partial charge is 0.220 e. The van der Waals surface area contributed by atoms with Gasteiger partial charge in [-0.25, -0.2) is 0 Å². The summed E-state index contributed by atoms with van der Waals surface area (Å²) >= 11 is 0. The fourth-order valence-electron chi connectivity index (χ4n) is 2.79. The lowest BCUT2D eigenvalue weighted by molar-refractivity contribution is -0.121. The van der Waals surface area contributed by atoms with E-state index in [4.69, 9.17) is 4.74 Å². The van der Waals surface area contributed by atoms with Gasteiger partial charge in [0.05, 0.1) is 6.20 Å². The lowest BCUT2D eigenvalue weighted by Crippen LogP contribution is -2.25. The molecule has 0 saturated heterocycles. The highest BCUT2D eigenvalue weighted by atomic mass is 16.5. The van der Waals surface area contributed by atoms with Crippen LogP contribution in [-0.4, -0.2) is 22.2 Å². The maximum Gasteiger partial charge on any atom is 0.220 e. The molecule has 140 valence electrons. The molecule has 3 aromatic rings. The van der Waals surface area contributed by atoms with Crippen molar-refractivity contribution in [2.45, 2.75) is 25.9 Å². The summed E-state index contributed by atoms with van der Waals surface area (Å²) in [6.45, 7) is 1.20. The van der Waals surface area contributed by atoms with Crippen molar-refractivity contribution in [2.24, 2.45) is 7.05 Å². The van der Waals surface area contributed by atoms with Gasteiger partial charge in [-0.2, -0.15) is 5.10 Å². The van der Waals surface area contributed by atoms with Gasteiger partial charge in [-0.1, -0.05) is 42.5 Å². The molecule has 0 saturated carbocycles. The van der Waals surface area contributed by atoms with E-state index in [0.29, 0.717) is 26.0 Å². The Bertz CT molecular complexity index is 842. The summed E-state index contributed by atoms with van der Waals surface area (Å²) in [6.07, 6.45) is 5.74. The Morgan fingerprint density at radius 1 is 1.00 bits per heavy atom. The van der Waals surface area contributed by atoms with Crippen molar-refractivity contribution >= 4 is 5.91 Å². The molecule has 0 bridgehead atoms. The molecule has 0 atom stereocenters. The highest BCUT2D eigenvalue weighted by Gasteiger charge is 2.04. The van der Waals surface area contributed by atoms with Gasteiger partial charge in [-0.05, 0) is 41.7 Å². The van der Waals surface area contributed by atoms with E-state index in [2.05, 4.69) is 10.4 Å². The van der Waals surface area contributed by atoms with Gasteiger partial charge in [0, 0.05) is 26.2 Å². The molecule has 1 N–H and O–H groups in total. The predicted octanol–water partition coefficient (Wildman–Crippen LogP) is 3.29. The number of carbonyl (C=O) groups is 1. The minimum atomic E-state index is 0.0710. The molecule has 0 unspecified atom stereocenters. The molecule has 0 aliphatic rings. The zero-order valence-corrected chi connectivity index (χ0v) is 15.6. The molecule has 0 aliphatic heterocycles. The molecule has 5 nitrogen and oxygen atoms in total. The van der Waals surface area contributed by atoms with Gasteiger partial charge >= 0.3 is 0 Å². The number of hydrogen-bond acceptors (Lipinski definition) is 3. The number of ether oxygens (including phenoxy) is 1. The van der Waals surface area contributed by atoms with Crippen molar-refractivity contribution < 1.29 is 9.53 Å². The van der Waals surface area contributed by atoms with Crippen molar-refractivity contribution in [3.8, 4) is 5.75 Å². The fourth-order valence-corrected chi connectivity index (χ4v) is 2.79. The third-order valence-electron chi connectivity index (χ3n) is 4.31. The molecule has 5 heteroatoms. The number of nitrogens with zero attached hydrogens (tertiary/aromatic N) is 2. The van der Waals surface area contributed by atoms with Gasteiger partial charge in [-0.15, -0.1) is 0 Å². The number of aryl methyl sites for hydroxylation is 2. The molecule has 0 radical (unpaired) electrons. The van der Waals surface area contributed by atoms with Crippen LogP contribution < -0.4 is 10.1 Å². The minimum Gasteiger partial charge on any atom is -0.489 e. The van der Waals surface area contributed by atoms with E-state index in [-0.39, 0.29) is 5.91 Å². The second-order valence-electron chi connectivity index (χ2n) is 6.54. The Labute approximate surface area is 160 Å². The first-order chi connectivity index (χ1) is 13.2. The summed E-state index contributed by atoms with van der Waals surface area (Å²) in [5, 5.41) is 7.08. The van der Waals surface area contributed by atoms with Crippen LogP contribution in [0.2, 0.25) is 0 Å².